The first-order chi connectivity index (χ1) is 11.5. The molecule has 1 aliphatic heterocycles. The molecule has 1 aromatic rings. The second-order valence-corrected chi connectivity index (χ2v) is 6.73. The molecule has 0 aromatic heterocycles. The van der Waals surface area contributed by atoms with Crippen LogP contribution >= 0.6 is 0 Å². The van der Waals surface area contributed by atoms with Gasteiger partial charge in [0.1, 0.15) is 0 Å². The van der Waals surface area contributed by atoms with Gasteiger partial charge in [0.25, 0.3) is 5.91 Å². The number of hydrazine groups is 1. The van der Waals surface area contributed by atoms with E-state index < -0.39 is 0 Å². The zero-order valence-corrected chi connectivity index (χ0v) is 13.8. The summed E-state index contributed by atoms with van der Waals surface area (Å²) in [5, 5.41) is 13.5. The number of nitrogens with zero attached hydrogens (tertiary/aromatic N) is 2. The van der Waals surface area contributed by atoms with E-state index in [1.54, 1.807) is 29.3 Å². The number of anilines is 1. The maximum Gasteiger partial charge on any atom is 0.260 e. The molecule has 1 spiro atoms. The van der Waals surface area contributed by atoms with E-state index >= 15 is 0 Å². The van der Waals surface area contributed by atoms with Crippen molar-refractivity contribution in [2.45, 2.75) is 44.6 Å². The van der Waals surface area contributed by atoms with Gasteiger partial charge in [0.05, 0.1) is 30.1 Å². The Bertz CT molecular complexity index is 679. The monoisotopic (exact) mass is 326 g/mol. The molecule has 24 heavy (non-hydrogen) atoms. The molecule has 1 saturated heterocycles. The quantitative estimate of drug-likeness (QED) is 0.891. The third-order valence-corrected chi connectivity index (χ3v) is 5.27. The van der Waals surface area contributed by atoms with Crippen LogP contribution in [0.1, 0.15) is 44.6 Å². The van der Waals surface area contributed by atoms with Crippen LogP contribution in [0.3, 0.4) is 0 Å². The fourth-order valence-electron chi connectivity index (χ4n) is 3.85. The van der Waals surface area contributed by atoms with Gasteiger partial charge in [-0.1, -0.05) is 19.8 Å². The highest BCUT2D eigenvalue weighted by Crippen LogP contribution is 2.42. The van der Waals surface area contributed by atoms with Gasteiger partial charge in [0, 0.05) is 5.69 Å². The lowest BCUT2D eigenvalue weighted by Gasteiger charge is -2.44. The van der Waals surface area contributed by atoms with E-state index in [1.807, 2.05) is 0 Å². The molecule has 126 valence electrons. The van der Waals surface area contributed by atoms with Crippen molar-refractivity contribution in [1.29, 1.82) is 5.26 Å². The fraction of sp³-hybridized carbons (Fsp3) is 0.500. The van der Waals surface area contributed by atoms with Gasteiger partial charge in [0.15, 0.2) is 0 Å². The molecule has 1 aromatic carbocycles. The molecule has 2 fully saturated rings. The van der Waals surface area contributed by atoms with Crippen LogP contribution in [0.25, 0.3) is 0 Å². The highest BCUT2D eigenvalue weighted by Gasteiger charge is 2.51. The molecule has 0 bridgehead atoms. The molecule has 1 aliphatic carbocycles. The Balaban J connectivity index is 1.68. The summed E-state index contributed by atoms with van der Waals surface area (Å²) < 4.78 is 0. The zero-order valence-electron chi connectivity index (χ0n) is 13.8. The van der Waals surface area contributed by atoms with Crippen LogP contribution in [0, 0.1) is 17.2 Å². The minimum Gasteiger partial charge on any atom is -0.376 e. The summed E-state index contributed by atoms with van der Waals surface area (Å²) >= 11 is 0. The number of nitrogens with one attached hydrogen (secondary N) is 2. The molecule has 1 heterocycles. The lowest BCUT2D eigenvalue weighted by Crippen LogP contribution is -2.57. The van der Waals surface area contributed by atoms with Crippen molar-refractivity contribution in [2.75, 3.05) is 11.9 Å². The molecule has 2 N–H and O–H groups in total. The fourth-order valence-corrected chi connectivity index (χ4v) is 3.85. The van der Waals surface area contributed by atoms with Gasteiger partial charge in [0.2, 0.25) is 5.91 Å². The first kappa shape index (κ1) is 16.3. The number of carbonyl (C=O) groups is 2. The molecular formula is C18H22N4O2. The van der Waals surface area contributed by atoms with E-state index in [4.69, 9.17) is 5.26 Å². The summed E-state index contributed by atoms with van der Waals surface area (Å²) in [6, 6.07) is 9.01. The molecule has 2 aliphatic rings. The van der Waals surface area contributed by atoms with Crippen LogP contribution in [0.5, 0.6) is 0 Å². The van der Waals surface area contributed by atoms with Gasteiger partial charge in [-0.25, -0.2) is 5.01 Å². The number of amides is 2. The number of hydrogen-bond donors (Lipinski definition) is 2. The van der Waals surface area contributed by atoms with Crippen molar-refractivity contribution in [2.24, 2.45) is 5.92 Å². The number of rotatable bonds is 3. The maximum atomic E-state index is 12.7. The predicted molar refractivity (Wildman–Crippen MR) is 89.6 cm³/mol. The van der Waals surface area contributed by atoms with Gasteiger partial charge in [-0.05, 0) is 43.0 Å². The van der Waals surface area contributed by atoms with Crippen molar-refractivity contribution in [3.63, 3.8) is 0 Å². The van der Waals surface area contributed by atoms with Gasteiger partial charge in [-0.2, -0.15) is 5.26 Å². The van der Waals surface area contributed by atoms with Crippen molar-refractivity contribution in [1.82, 2.24) is 10.4 Å². The van der Waals surface area contributed by atoms with Crippen LogP contribution in [0.15, 0.2) is 24.3 Å². The van der Waals surface area contributed by atoms with E-state index in [-0.39, 0.29) is 23.9 Å². The van der Waals surface area contributed by atoms with E-state index in [0.29, 0.717) is 17.9 Å². The van der Waals surface area contributed by atoms with Crippen LogP contribution in [-0.4, -0.2) is 28.9 Å². The standard InChI is InChI=1S/C18H22N4O2/c1-13-4-2-3-9-18(13)10-16(23)21-22(18)17(24)12-20-15-7-5-14(11-19)6-8-15/h5-8,13,20H,2-4,9-10,12H2,1H3,(H,21,23)/t13-,18-/m0/s1. The van der Waals surface area contributed by atoms with Gasteiger partial charge in [-0.3, -0.25) is 15.0 Å². The molecule has 0 unspecified atom stereocenters. The smallest absolute Gasteiger partial charge is 0.260 e. The largest absolute Gasteiger partial charge is 0.376 e. The van der Waals surface area contributed by atoms with E-state index in [9.17, 15) is 9.59 Å². The SMILES string of the molecule is C[C@H]1CCCC[C@]12CC(=O)NN2C(=O)CNc1ccc(C#N)cc1. The van der Waals surface area contributed by atoms with Crippen LogP contribution in [0.2, 0.25) is 0 Å². The summed E-state index contributed by atoms with van der Waals surface area (Å²) in [5.74, 6) is 0.110. The van der Waals surface area contributed by atoms with Gasteiger partial charge in [-0.15, -0.1) is 0 Å². The second-order valence-electron chi connectivity index (χ2n) is 6.73. The Morgan fingerprint density at radius 1 is 1.42 bits per heavy atom. The van der Waals surface area contributed by atoms with Crippen molar-refractivity contribution < 1.29 is 9.59 Å². The van der Waals surface area contributed by atoms with Crippen molar-refractivity contribution in [3.05, 3.63) is 29.8 Å². The Hall–Kier alpha value is -2.55. The molecule has 6 nitrogen and oxygen atoms in total. The average Bonchev–Trinajstić information content (AvgIpc) is 2.93. The Labute approximate surface area is 141 Å². The lowest BCUT2D eigenvalue weighted by molar-refractivity contribution is -0.142. The Kier molecular flexibility index (Phi) is 4.43. The minimum atomic E-state index is -0.376. The molecule has 2 amide bonds. The normalized spacial score (nSPS) is 26.1. The number of carbonyl (C=O) groups excluding carboxylic acids is 2. The maximum absolute atomic E-state index is 12.7. The minimum absolute atomic E-state index is 0.0736. The highest BCUT2D eigenvalue weighted by atomic mass is 16.2. The number of hydrogen-bond acceptors (Lipinski definition) is 4. The zero-order chi connectivity index (χ0) is 17.2. The van der Waals surface area contributed by atoms with E-state index in [0.717, 1.165) is 31.4 Å². The van der Waals surface area contributed by atoms with Crippen molar-refractivity contribution in [3.8, 4) is 6.07 Å². The summed E-state index contributed by atoms with van der Waals surface area (Å²) in [4.78, 5) is 24.7. The lowest BCUT2D eigenvalue weighted by atomic mass is 9.72. The summed E-state index contributed by atoms with van der Waals surface area (Å²) in [5.41, 5.74) is 3.74. The highest BCUT2D eigenvalue weighted by molar-refractivity contribution is 5.89. The molecule has 1 saturated carbocycles. The average molecular weight is 326 g/mol. The Morgan fingerprint density at radius 2 is 2.17 bits per heavy atom. The summed E-state index contributed by atoms with van der Waals surface area (Å²) in [6.07, 6.45) is 4.52. The first-order valence-corrected chi connectivity index (χ1v) is 8.42. The van der Waals surface area contributed by atoms with E-state index in [1.165, 1.54) is 0 Å². The van der Waals surface area contributed by atoms with Crippen LogP contribution in [0.4, 0.5) is 5.69 Å². The van der Waals surface area contributed by atoms with Gasteiger partial charge >= 0.3 is 0 Å². The number of benzene rings is 1. The predicted octanol–water partition coefficient (Wildman–Crippen LogP) is 2.18. The van der Waals surface area contributed by atoms with Crippen molar-refractivity contribution >= 4 is 17.5 Å². The third-order valence-electron chi connectivity index (χ3n) is 5.27. The van der Waals surface area contributed by atoms with Gasteiger partial charge < -0.3 is 5.32 Å². The van der Waals surface area contributed by atoms with Crippen LogP contribution < -0.4 is 10.7 Å². The topological polar surface area (TPSA) is 85.2 Å². The number of nitriles is 1. The molecule has 0 radical (unpaired) electrons. The van der Waals surface area contributed by atoms with Crippen LogP contribution in [-0.2, 0) is 9.59 Å². The molecule has 3 rings (SSSR count). The first-order valence-electron chi connectivity index (χ1n) is 8.42. The van der Waals surface area contributed by atoms with E-state index in [2.05, 4.69) is 23.7 Å². The molecule has 2 atom stereocenters. The molecular weight excluding hydrogens is 304 g/mol. The Morgan fingerprint density at radius 3 is 2.83 bits per heavy atom. The third kappa shape index (κ3) is 2.94. The second kappa shape index (κ2) is 6.52. The summed E-state index contributed by atoms with van der Waals surface area (Å²) in [6.45, 7) is 2.24. The molecule has 6 heteroatoms. The summed E-state index contributed by atoms with van der Waals surface area (Å²) in [7, 11) is 0.